The van der Waals surface area contributed by atoms with Gasteiger partial charge in [-0.15, -0.1) is 24.0 Å². The molecule has 1 saturated heterocycles. The van der Waals surface area contributed by atoms with Crippen LogP contribution >= 0.6 is 24.0 Å². The van der Waals surface area contributed by atoms with Crippen molar-refractivity contribution in [2.75, 3.05) is 52.1 Å². The Morgan fingerprint density at radius 2 is 1.78 bits per heavy atom. The quantitative estimate of drug-likeness (QED) is 0.239. The number of halogens is 1. The van der Waals surface area contributed by atoms with Crippen molar-refractivity contribution in [3.8, 4) is 0 Å². The number of sulfonamides is 1. The summed E-state index contributed by atoms with van der Waals surface area (Å²) in [5.41, 5.74) is 1.35. The summed E-state index contributed by atoms with van der Waals surface area (Å²) in [7, 11) is -1.31. The van der Waals surface area contributed by atoms with E-state index in [0.717, 1.165) is 45.1 Å². The smallest absolute Gasteiger partial charge is 0.211 e. The number of piperazine rings is 1. The standard InChI is InChI=1S/C18H31N5O2S.HI/c1-3-26(24,25)21-11-7-10-20-18(19-2)23-14-12-22(13-15-23)16-17-8-5-4-6-9-17;/h4-6,8-9,21H,3,7,10-16H2,1-2H3,(H,19,20);1H. The SMILES string of the molecule is CCS(=O)(=O)NCCCNC(=NC)N1CCN(Cc2ccccc2)CC1.I. The summed E-state index contributed by atoms with van der Waals surface area (Å²) in [5.74, 6) is 1.01. The van der Waals surface area contributed by atoms with Gasteiger partial charge in [0.2, 0.25) is 10.0 Å². The highest BCUT2D eigenvalue weighted by Gasteiger charge is 2.19. The van der Waals surface area contributed by atoms with Gasteiger partial charge < -0.3 is 10.2 Å². The van der Waals surface area contributed by atoms with Crippen LogP contribution in [0.4, 0.5) is 0 Å². The molecular formula is C18H32IN5O2S. The Hall–Kier alpha value is -0.910. The fourth-order valence-corrected chi connectivity index (χ4v) is 3.57. The van der Waals surface area contributed by atoms with Gasteiger partial charge in [-0.3, -0.25) is 9.89 Å². The summed E-state index contributed by atoms with van der Waals surface area (Å²) >= 11 is 0. The first-order valence-electron chi connectivity index (χ1n) is 9.23. The van der Waals surface area contributed by atoms with Crippen LogP contribution in [-0.2, 0) is 16.6 Å². The van der Waals surface area contributed by atoms with Crippen molar-refractivity contribution in [3.05, 3.63) is 35.9 Å². The molecule has 1 aromatic rings. The third kappa shape index (κ3) is 8.75. The van der Waals surface area contributed by atoms with E-state index < -0.39 is 10.0 Å². The molecule has 0 spiro atoms. The van der Waals surface area contributed by atoms with Crippen LogP contribution in [-0.4, -0.2) is 76.2 Å². The topological polar surface area (TPSA) is 77.0 Å². The summed E-state index contributed by atoms with van der Waals surface area (Å²) < 4.78 is 25.4. The molecule has 0 unspecified atom stereocenters. The Balaban J connectivity index is 0.00000364. The Morgan fingerprint density at radius 1 is 1.11 bits per heavy atom. The fraction of sp³-hybridized carbons (Fsp3) is 0.611. The number of rotatable bonds is 8. The van der Waals surface area contributed by atoms with Crippen molar-refractivity contribution in [1.82, 2.24) is 19.8 Å². The summed E-state index contributed by atoms with van der Waals surface area (Å²) in [6.45, 7) is 7.66. The summed E-state index contributed by atoms with van der Waals surface area (Å²) in [4.78, 5) is 9.08. The van der Waals surface area contributed by atoms with E-state index in [4.69, 9.17) is 0 Å². The van der Waals surface area contributed by atoms with Gasteiger partial charge in [0, 0.05) is 52.9 Å². The van der Waals surface area contributed by atoms with E-state index in [1.54, 1.807) is 14.0 Å². The molecule has 0 radical (unpaired) electrons. The normalized spacial score (nSPS) is 16.1. The second-order valence-electron chi connectivity index (χ2n) is 6.37. The average molecular weight is 509 g/mol. The third-order valence-electron chi connectivity index (χ3n) is 4.47. The molecule has 1 aliphatic heterocycles. The molecule has 2 rings (SSSR count). The summed E-state index contributed by atoms with van der Waals surface area (Å²) in [6, 6.07) is 10.5. The van der Waals surface area contributed by atoms with Crippen LogP contribution < -0.4 is 10.0 Å². The van der Waals surface area contributed by atoms with Gasteiger partial charge in [0.05, 0.1) is 5.75 Å². The maximum atomic E-state index is 11.4. The molecular weight excluding hydrogens is 477 g/mol. The van der Waals surface area contributed by atoms with Crippen LogP contribution in [0.1, 0.15) is 18.9 Å². The van der Waals surface area contributed by atoms with Gasteiger partial charge in [-0.1, -0.05) is 30.3 Å². The molecule has 0 aliphatic carbocycles. The van der Waals surface area contributed by atoms with Gasteiger partial charge in [-0.25, -0.2) is 13.1 Å². The predicted molar refractivity (Wildman–Crippen MR) is 122 cm³/mol. The van der Waals surface area contributed by atoms with Crippen LogP contribution in [0.25, 0.3) is 0 Å². The maximum Gasteiger partial charge on any atom is 0.211 e. The highest BCUT2D eigenvalue weighted by atomic mass is 127. The molecule has 2 N–H and O–H groups in total. The minimum Gasteiger partial charge on any atom is -0.356 e. The fourth-order valence-electron chi connectivity index (χ4n) is 2.91. The van der Waals surface area contributed by atoms with Crippen molar-refractivity contribution in [2.24, 2.45) is 4.99 Å². The lowest BCUT2D eigenvalue weighted by molar-refractivity contribution is 0.172. The molecule has 0 bridgehead atoms. The summed E-state index contributed by atoms with van der Waals surface area (Å²) in [5, 5.41) is 3.33. The van der Waals surface area contributed by atoms with Crippen molar-refractivity contribution in [3.63, 3.8) is 0 Å². The first-order valence-corrected chi connectivity index (χ1v) is 10.9. The largest absolute Gasteiger partial charge is 0.356 e. The maximum absolute atomic E-state index is 11.4. The molecule has 7 nitrogen and oxygen atoms in total. The van der Waals surface area contributed by atoms with Crippen LogP contribution in [0.3, 0.4) is 0 Å². The Bertz CT molecular complexity index is 662. The number of aliphatic imine (C=N–C) groups is 1. The molecule has 0 saturated carbocycles. The van der Waals surface area contributed by atoms with Crippen LogP contribution in [0.2, 0.25) is 0 Å². The van der Waals surface area contributed by atoms with Crippen molar-refractivity contribution in [1.29, 1.82) is 0 Å². The van der Waals surface area contributed by atoms with Crippen LogP contribution in [0.15, 0.2) is 35.3 Å². The summed E-state index contributed by atoms with van der Waals surface area (Å²) in [6.07, 6.45) is 0.728. The molecule has 0 aromatic heterocycles. The van der Waals surface area contributed by atoms with Gasteiger partial charge >= 0.3 is 0 Å². The lowest BCUT2D eigenvalue weighted by atomic mass is 10.2. The molecule has 1 aliphatic rings. The van der Waals surface area contributed by atoms with Gasteiger partial charge in [0.15, 0.2) is 5.96 Å². The van der Waals surface area contributed by atoms with Gasteiger partial charge in [-0.2, -0.15) is 0 Å². The minimum atomic E-state index is -3.10. The van der Waals surface area contributed by atoms with E-state index in [2.05, 4.69) is 49.1 Å². The number of benzene rings is 1. The molecule has 1 fully saturated rings. The first-order chi connectivity index (χ1) is 12.5. The van der Waals surface area contributed by atoms with Crippen molar-refractivity contribution in [2.45, 2.75) is 19.9 Å². The van der Waals surface area contributed by atoms with E-state index >= 15 is 0 Å². The first kappa shape index (κ1) is 24.1. The van der Waals surface area contributed by atoms with Crippen molar-refractivity contribution < 1.29 is 8.42 Å². The number of guanidine groups is 1. The van der Waals surface area contributed by atoms with E-state index in [0.29, 0.717) is 13.1 Å². The zero-order valence-electron chi connectivity index (χ0n) is 16.2. The van der Waals surface area contributed by atoms with Gasteiger partial charge in [0.1, 0.15) is 0 Å². The zero-order chi connectivity index (χ0) is 18.8. The molecule has 9 heteroatoms. The number of hydrogen-bond acceptors (Lipinski definition) is 4. The highest BCUT2D eigenvalue weighted by molar-refractivity contribution is 14.0. The van der Waals surface area contributed by atoms with E-state index in [1.165, 1.54) is 5.56 Å². The highest BCUT2D eigenvalue weighted by Crippen LogP contribution is 2.08. The Morgan fingerprint density at radius 3 is 2.37 bits per heavy atom. The van der Waals surface area contributed by atoms with Crippen LogP contribution in [0, 0.1) is 0 Å². The lowest BCUT2D eigenvalue weighted by Crippen LogP contribution is -2.52. The predicted octanol–water partition coefficient (Wildman–Crippen LogP) is 1.33. The number of nitrogens with zero attached hydrogens (tertiary/aromatic N) is 3. The minimum absolute atomic E-state index is 0. The Labute approximate surface area is 180 Å². The molecule has 0 amide bonds. The Kier molecular flexibility index (Phi) is 11.2. The van der Waals surface area contributed by atoms with E-state index in [9.17, 15) is 8.42 Å². The lowest BCUT2D eigenvalue weighted by Gasteiger charge is -2.36. The second-order valence-corrected chi connectivity index (χ2v) is 8.47. The molecule has 0 atom stereocenters. The average Bonchev–Trinajstić information content (AvgIpc) is 2.66. The molecule has 1 heterocycles. The van der Waals surface area contributed by atoms with Crippen molar-refractivity contribution >= 4 is 40.0 Å². The molecule has 154 valence electrons. The zero-order valence-corrected chi connectivity index (χ0v) is 19.4. The van der Waals surface area contributed by atoms with E-state index in [-0.39, 0.29) is 29.7 Å². The van der Waals surface area contributed by atoms with Gasteiger partial charge in [0.25, 0.3) is 0 Å². The van der Waals surface area contributed by atoms with E-state index in [1.807, 2.05) is 6.07 Å². The molecule has 1 aromatic carbocycles. The third-order valence-corrected chi connectivity index (χ3v) is 5.88. The molecule has 27 heavy (non-hydrogen) atoms. The number of hydrogen-bond donors (Lipinski definition) is 2. The number of nitrogens with one attached hydrogen (secondary N) is 2. The van der Waals surface area contributed by atoms with Crippen LogP contribution in [0.5, 0.6) is 0 Å². The monoisotopic (exact) mass is 509 g/mol. The second kappa shape index (κ2) is 12.5. The van der Waals surface area contributed by atoms with Gasteiger partial charge in [-0.05, 0) is 18.9 Å².